The number of likely N-dealkylation sites (tertiary alicyclic amines) is 1. The van der Waals surface area contributed by atoms with Gasteiger partial charge in [0.05, 0.1) is 19.8 Å². The summed E-state index contributed by atoms with van der Waals surface area (Å²) in [7, 11) is 1.72. The van der Waals surface area contributed by atoms with E-state index in [9.17, 15) is 4.79 Å². The molecule has 1 amide bonds. The first-order valence-electron chi connectivity index (χ1n) is 6.40. The van der Waals surface area contributed by atoms with Gasteiger partial charge in [-0.15, -0.1) is 0 Å². The number of rotatable bonds is 3. The summed E-state index contributed by atoms with van der Waals surface area (Å²) in [5.41, 5.74) is 0. The van der Waals surface area contributed by atoms with Gasteiger partial charge in [0.1, 0.15) is 6.04 Å². The fraction of sp³-hybridized carbons (Fsp3) is 0.917. The Kier molecular flexibility index (Phi) is 4.76. The lowest BCUT2D eigenvalue weighted by Gasteiger charge is -2.35. The number of methoxy groups -OCH3 is 1. The van der Waals surface area contributed by atoms with Gasteiger partial charge in [-0.1, -0.05) is 0 Å². The minimum absolute atomic E-state index is 0.148. The third-order valence-corrected chi connectivity index (χ3v) is 3.45. The maximum Gasteiger partial charge on any atom is 0.242 e. The summed E-state index contributed by atoms with van der Waals surface area (Å²) in [5, 5.41) is 3.22. The number of morpholine rings is 1. The fourth-order valence-electron chi connectivity index (χ4n) is 2.58. The second kappa shape index (κ2) is 6.33. The number of piperidine rings is 1. The third-order valence-electron chi connectivity index (χ3n) is 3.45. The van der Waals surface area contributed by atoms with Crippen molar-refractivity contribution in [1.29, 1.82) is 0 Å². The highest BCUT2D eigenvalue weighted by molar-refractivity contribution is 5.82. The van der Waals surface area contributed by atoms with Gasteiger partial charge in [0.25, 0.3) is 0 Å². The van der Waals surface area contributed by atoms with E-state index >= 15 is 0 Å². The molecule has 2 aliphatic rings. The summed E-state index contributed by atoms with van der Waals surface area (Å²) in [6.07, 6.45) is 2.24. The monoisotopic (exact) mass is 242 g/mol. The summed E-state index contributed by atoms with van der Waals surface area (Å²) >= 11 is 0. The quantitative estimate of drug-likeness (QED) is 0.748. The van der Waals surface area contributed by atoms with Crippen molar-refractivity contribution < 1.29 is 14.3 Å². The number of nitrogens with zero attached hydrogens (tertiary/aromatic N) is 1. The summed E-state index contributed by atoms with van der Waals surface area (Å²) in [5.74, 6) is 0.674. The van der Waals surface area contributed by atoms with Crippen LogP contribution in [0.4, 0.5) is 0 Å². The van der Waals surface area contributed by atoms with Crippen LogP contribution in [0.15, 0.2) is 0 Å². The molecule has 2 saturated heterocycles. The predicted molar refractivity (Wildman–Crippen MR) is 63.8 cm³/mol. The summed E-state index contributed by atoms with van der Waals surface area (Å²) in [4.78, 5) is 14.2. The normalized spacial score (nSPS) is 30.3. The van der Waals surface area contributed by atoms with E-state index in [4.69, 9.17) is 9.47 Å². The highest BCUT2D eigenvalue weighted by Crippen LogP contribution is 2.17. The Bertz CT molecular complexity index is 252. The van der Waals surface area contributed by atoms with E-state index in [-0.39, 0.29) is 11.9 Å². The van der Waals surface area contributed by atoms with E-state index < -0.39 is 0 Å². The molecule has 0 spiro atoms. The van der Waals surface area contributed by atoms with Crippen LogP contribution in [0.2, 0.25) is 0 Å². The molecular weight excluding hydrogens is 220 g/mol. The van der Waals surface area contributed by atoms with Crippen molar-refractivity contribution in [3.05, 3.63) is 0 Å². The fourth-order valence-corrected chi connectivity index (χ4v) is 2.58. The zero-order chi connectivity index (χ0) is 12.1. The standard InChI is InChI=1S/C12H22N2O3/c1-16-8-10-3-2-5-14(7-10)12(15)11-9-17-6-4-13-11/h10-11,13H,2-9H2,1H3/t10-,11+/m1/s1. The highest BCUT2D eigenvalue weighted by atomic mass is 16.5. The molecule has 2 atom stereocenters. The van der Waals surface area contributed by atoms with Gasteiger partial charge in [-0.3, -0.25) is 4.79 Å². The highest BCUT2D eigenvalue weighted by Gasteiger charge is 2.29. The Balaban J connectivity index is 1.85. The Morgan fingerprint density at radius 1 is 1.59 bits per heavy atom. The molecule has 0 bridgehead atoms. The molecule has 5 heteroatoms. The maximum atomic E-state index is 12.2. The zero-order valence-electron chi connectivity index (χ0n) is 10.5. The summed E-state index contributed by atoms with van der Waals surface area (Å²) in [6.45, 7) is 4.42. The molecule has 98 valence electrons. The Morgan fingerprint density at radius 2 is 2.47 bits per heavy atom. The summed E-state index contributed by atoms with van der Waals surface area (Å²) in [6, 6.07) is -0.148. The molecule has 2 aliphatic heterocycles. The molecule has 0 aromatic heterocycles. The van der Waals surface area contributed by atoms with Crippen LogP contribution in [0.1, 0.15) is 12.8 Å². The van der Waals surface area contributed by atoms with Gasteiger partial charge in [-0.05, 0) is 18.8 Å². The van der Waals surface area contributed by atoms with Crippen LogP contribution in [0.5, 0.6) is 0 Å². The molecule has 0 aliphatic carbocycles. The number of hydrogen-bond acceptors (Lipinski definition) is 4. The maximum absolute atomic E-state index is 12.2. The average molecular weight is 242 g/mol. The molecular formula is C12H22N2O3. The van der Waals surface area contributed by atoms with Gasteiger partial charge >= 0.3 is 0 Å². The molecule has 0 saturated carbocycles. The molecule has 17 heavy (non-hydrogen) atoms. The van der Waals surface area contributed by atoms with Crippen LogP contribution in [-0.2, 0) is 14.3 Å². The van der Waals surface area contributed by atoms with Crippen molar-refractivity contribution in [3.8, 4) is 0 Å². The van der Waals surface area contributed by atoms with Crippen molar-refractivity contribution in [3.63, 3.8) is 0 Å². The topological polar surface area (TPSA) is 50.8 Å². The number of nitrogens with one attached hydrogen (secondary N) is 1. The van der Waals surface area contributed by atoms with Crippen LogP contribution in [0.3, 0.4) is 0 Å². The van der Waals surface area contributed by atoms with Crippen molar-refractivity contribution >= 4 is 5.91 Å². The predicted octanol–water partition coefficient (Wildman–Crippen LogP) is -0.140. The zero-order valence-corrected chi connectivity index (χ0v) is 10.5. The number of amides is 1. The lowest BCUT2D eigenvalue weighted by atomic mass is 9.98. The summed E-state index contributed by atoms with van der Waals surface area (Å²) < 4.78 is 10.5. The second-order valence-electron chi connectivity index (χ2n) is 4.83. The first-order valence-corrected chi connectivity index (χ1v) is 6.40. The molecule has 2 heterocycles. The first kappa shape index (κ1) is 12.8. The number of ether oxygens (including phenoxy) is 2. The van der Waals surface area contributed by atoms with E-state index in [0.717, 1.165) is 39.1 Å². The largest absolute Gasteiger partial charge is 0.384 e. The Morgan fingerprint density at radius 3 is 3.18 bits per heavy atom. The average Bonchev–Trinajstić information content (AvgIpc) is 2.40. The van der Waals surface area contributed by atoms with E-state index in [1.165, 1.54) is 0 Å². The minimum atomic E-state index is -0.148. The molecule has 2 fully saturated rings. The van der Waals surface area contributed by atoms with Gasteiger partial charge in [-0.25, -0.2) is 0 Å². The lowest BCUT2D eigenvalue weighted by molar-refractivity contribution is -0.138. The Labute approximate surface area is 102 Å². The van der Waals surface area contributed by atoms with Gasteiger partial charge < -0.3 is 19.7 Å². The van der Waals surface area contributed by atoms with E-state index in [2.05, 4.69) is 5.32 Å². The lowest BCUT2D eigenvalue weighted by Crippen LogP contribution is -2.54. The van der Waals surface area contributed by atoms with Crippen LogP contribution in [0.25, 0.3) is 0 Å². The van der Waals surface area contributed by atoms with Crippen LogP contribution in [0, 0.1) is 5.92 Å². The SMILES string of the molecule is COC[C@@H]1CCCN(C(=O)[C@@H]2COCCN2)C1. The van der Waals surface area contributed by atoms with Crippen LogP contribution >= 0.6 is 0 Å². The second-order valence-corrected chi connectivity index (χ2v) is 4.83. The van der Waals surface area contributed by atoms with Gasteiger partial charge in [0.2, 0.25) is 5.91 Å². The molecule has 5 nitrogen and oxygen atoms in total. The van der Waals surface area contributed by atoms with E-state index in [0.29, 0.717) is 19.1 Å². The van der Waals surface area contributed by atoms with Crippen molar-refractivity contribution in [2.75, 3.05) is 46.6 Å². The van der Waals surface area contributed by atoms with Crippen molar-refractivity contribution in [1.82, 2.24) is 10.2 Å². The molecule has 0 radical (unpaired) electrons. The van der Waals surface area contributed by atoms with Crippen LogP contribution < -0.4 is 5.32 Å². The molecule has 2 rings (SSSR count). The molecule has 0 unspecified atom stereocenters. The smallest absolute Gasteiger partial charge is 0.242 e. The van der Waals surface area contributed by atoms with E-state index in [1.807, 2.05) is 4.90 Å². The minimum Gasteiger partial charge on any atom is -0.384 e. The number of carbonyl (C=O) groups is 1. The van der Waals surface area contributed by atoms with Crippen LogP contribution in [-0.4, -0.2) is 63.4 Å². The number of hydrogen-bond donors (Lipinski definition) is 1. The number of carbonyl (C=O) groups excluding carboxylic acids is 1. The van der Waals surface area contributed by atoms with Gasteiger partial charge in [0, 0.05) is 26.7 Å². The Hall–Kier alpha value is -0.650. The van der Waals surface area contributed by atoms with E-state index in [1.54, 1.807) is 7.11 Å². The molecule has 0 aromatic carbocycles. The van der Waals surface area contributed by atoms with Crippen molar-refractivity contribution in [2.45, 2.75) is 18.9 Å². The first-order chi connectivity index (χ1) is 8.31. The van der Waals surface area contributed by atoms with Gasteiger partial charge in [0.15, 0.2) is 0 Å². The van der Waals surface area contributed by atoms with Crippen molar-refractivity contribution in [2.24, 2.45) is 5.92 Å². The molecule has 0 aromatic rings. The van der Waals surface area contributed by atoms with Gasteiger partial charge in [-0.2, -0.15) is 0 Å². The third kappa shape index (κ3) is 3.40. The molecule has 1 N–H and O–H groups in total.